The summed E-state index contributed by atoms with van der Waals surface area (Å²) in [6.45, 7) is 9.20. The summed E-state index contributed by atoms with van der Waals surface area (Å²) < 4.78 is 5.43. The Labute approximate surface area is 236 Å². The first-order valence-corrected chi connectivity index (χ1v) is 12.7. The van der Waals surface area contributed by atoms with Gasteiger partial charge in [-0.25, -0.2) is 14.8 Å². The number of nitro groups is 2. The van der Waals surface area contributed by atoms with Crippen LogP contribution in [0, 0.1) is 20.2 Å². The number of ether oxygens (including phenoxy) is 1. The van der Waals surface area contributed by atoms with Crippen LogP contribution in [0.4, 0.5) is 27.7 Å². The predicted molar refractivity (Wildman–Crippen MR) is 150 cm³/mol. The van der Waals surface area contributed by atoms with Gasteiger partial charge in [0.1, 0.15) is 5.60 Å². The number of anilines is 2. The molecule has 40 heavy (non-hydrogen) atoms. The van der Waals surface area contributed by atoms with Gasteiger partial charge in [0, 0.05) is 62.9 Å². The Morgan fingerprint density at radius 2 is 1.52 bits per heavy atom. The van der Waals surface area contributed by atoms with Gasteiger partial charge >= 0.3 is 17.5 Å². The molecule has 0 spiro atoms. The largest absolute Gasteiger partial charge is 0.444 e. The van der Waals surface area contributed by atoms with Crippen molar-refractivity contribution in [2.24, 2.45) is 0 Å². The number of piperazine rings is 1. The third-order valence-electron chi connectivity index (χ3n) is 5.57. The molecule has 13 nitrogen and oxygen atoms in total. The molecule has 14 heteroatoms. The molecule has 0 radical (unpaired) electrons. The smallest absolute Gasteiger partial charge is 0.410 e. The van der Waals surface area contributed by atoms with Crippen molar-refractivity contribution in [1.82, 2.24) is 19.8 Å². The summed E-state index contributed by atoms with van der Waals surface area (Å²) in [6, 6.07) is 13.4. The summed E-state index contributed by atoms with van der Waals surface area (Å²) in [5.41, 5.74) is 1.14. The van der Waals surface area contributed by atoms with Crippen molar-refractivity contribution in [1.29, 1.82) is 0 Å². The van der Waals surface area contributed by atoms with Crippen LogP contribution in [0.3, 0.4) is 0 Å². The van der Waals surface area contributed by atoms with Gasteiger partial charge in [-0.3, -0.25) is 25.1 Å². The quantitative estimate of drug-likeness (QED) is 0.230. The molecule has 1 saturated heterocycles. The van der Waals surface area contributed by atoms with E-state index in [1.165, 1.54) is 36.7 Å². The molecule has 212 valence electrons. The first-order valence-electron chi connectivity index (χ1n) is 12.3. The lowest BCUT2D eigenvalue weighted by atomic mass is 10.1. The van der Waals surface area contributed by atoms with Gasteiger partial charge in [-0.15, -0.1) is 0 Å². The molecule has 1 N–H and O–H groups in total. The zero-order chi connectivity index (χ0) is 29.3. The summed E-state index contributed by atoms with van der Waals surface area (Å²) in [5, 5.41) is 24.1. The highest BCUT2D eigenvalue weighted by Gasteiger charge is 2.25. The molecule has 2 aromatic heterocycles. The van der Waals surface area contributed by atoms with Crippen LogP contribution in [0.25, 0.3) is 0 Å². The standard InChI is InChI=1S/C21H27N5O4.C5H3ClN2O2/c1-21(2,3)30-20(27)25-13-11-24(12-14-25)15-16-6-8-17(9-7-16)23-19-18(26(28)29)5-4-10-22-19;6-5-4(8(9)10)2-1-3-7-5/h4-10H,11-15H2,1-3H3,(H,22,23);1-3H. The summed E-state index contributed by atoms with van der Waals surface area (Å²) in [6.07, 6.45) is 2.65. The number of carbonyl (C=O) groups excluding carboxylic acids is 1. The lowest BCUT2D eigenvalue weighted by Crippen LogP contribution is -2.49. The highest BCUT2D eigenvalue weighted by atomic mass is 35.5. The van der Waals surface area contributed by atoms with Gasteiger partial charge in [-0.1, -0.05) is 23.7 Å². The number of rotatable bonds is 6. The van der Waals surface area contributed by atoms with Gasteiger partial charge in [-0.05, 0) is 50.6 Å². The van der Waals surface area contributed by atoms with Crippen molar-refractivity contribution in [3.8, 4) is 0 Å². The highest BCUT2D eigenvalue weighted by molar-refractivity contribution is 6.31. The summed E-state index contributed by atoms with van der Waals surface area (Å²) >= 11 is 5.37. The van der Waals surface area contributed by atoms with Crippen molar-refractivity contribution >= 4 is 40.6 Å². The number of pyridine rings is 2. The average molecular weight is 572 g/mol. The van der Waals surface area contributed by atoms with Gasteiger partial charge < -0.3 is 15.0 Å². The maximum atomic E-state index is 12.2. The molecule has 0 bridgehead atoms. The van der Waals surface area contributed by atoms with E-state index in [-0.39, 0.29) is 28.4 Å². The van der Waals surface area contributed by atoms with Crippen LogP contribution >= 0.6 is 11.6 Å². The third kappa shape index (κ3) is 9.13. The van der Waals surface area contributed by atoms with E-state index in [9.17, 15) is 25.0 Å². The highest BCUT2D eigenvalue weighted by Crippen LogP contribution is 2.25. The number of nitrogens with zero attached hydrogens (tertiary/aromatic N) is 6. The maximum absolute atomic E-state index is 12.2. The molecule has 1 aromatic carbocycles. The van der Waals surface area contributed by atoms with Crippen LogP contribution in [0.1, 0.15) is 26.3 Å². The molecule has 0 saturated carbocycles. The van der Waals surface area contributed by atoms with Gasteiger partial charge in [0.05, 0.1) is 9.85 Å². The normalized spacial score (nSPS) is 13.6. The second-order valence-corrected chi connectivity index (χ2v) is 10.1. The Morgan fingerprint density at radius 1 is 0.950 bits per heavy atom. The van der Waals surface area contributed by atoms with E-state index < -0.39 is 15.4 Å². The Balaban J connectivity index is 0.000000371. The Hall–Kier alpha value is -4.36. The predicted octanol–water partition coefficient (Wildman–Crippen LogP) is 5.43. The zero-order valence-corrected chi connectivity index (χ0v) is 23.1. The van der Waals surface area contributed by atoms with Crippen molar-refractivity contribution in [2.45, 2.75) is 32.9 Å². The monoisotopic (exact) mass is 571 g/mol. The van der Waals surface area contributed by atoms with Gasteiger partial charge in [0.2, 0.25) is 11.0 Å². The molecular formula is C26H30ClN7O6. The van der Waals surface area contributed by atoms with Crippen LogP contribution in [-0.2, 0) is 11.3 Å². The van der Waals surface area contributed by atoms with E-state index in [4.69, 9.17) is 16.3 Å². The number of benzene rings is 1. The van der Waals surface area contributed by atoms with E-state index in [2.05, 4.69) is 20.2 Å². The number of amides is 1. The van der Waals surface area contributed by atoms with Crippen molar-refractivity contribution in [2.75, 3.05) is 31.5 Å². The minimum atomic E-state index is -0.574. The van der Waals surface area contributed by atoms with Gasteiger partial charge in [-0.2, -0.15) is 0 Å². The summed E-state index contributed by atoms with van der Waals surface area (Å²) in [5.74, 6) is 0.216. The van der Waals surface area contributed by atoms with Gasteiger partial charge in [0.25, 0.3) is 0 Å². The minimum absolute atomic E-state index is 0.0653. The Morgan fingerprint density at radius 3 is 2.05 bits per heavy atom. The number of carbonyl (C=O) groups is 1. The van der Waals surface area contributed by atoms with Crippen LogP contribution in [-0.4, -0.2) is 67.5 Å². The number of hydrogen-bond acceptors (Lipinski definition) is 10. The second-order valence-electron chi connectivity index (χ2n) is 9.76. The van der Waals surface area contributed by atoms with Crippen LogP contribution in [0.15, 0.2) is 60.9 Å². The molecule has 0 unspecified atom stereocenters. The van der Waals surface area contributed by atoms with E-state index in [0.717, 1.165) is 30.9 Å². The fraction of sp³-hybridized carbons (Fsp3) is 0.346. The average Bonchev–Trinajstić information content (AvgIpc) is 2.90. The Kier molecular flexibility index (Phi) is 10.3. The minimum Gasteiger partial charge on any atom is -0.444 e. The van der Waals surface area contributed by atoms with Crippen molar-refractivity contribution in [3.63, 3.8) is 0 Å². The fourth-order valence-electron chi connectivity index (χ4n) is 3.66. The van der Waals surface area contributed by atoms with Crippen molar-refractivity contribution in [3.05, 3.63) is 91.9 Å². The second kappa shape index (κ2) is 13.6. The molecule has 1 aliphatic rings. The maximum Gasteiger partial charge on any atom is 0.410 e. The summed E-state index contributed by atoms with van der Waals surface area (Å²) in [7, 11) is 0. The van der Waals surface area contributed by atoms with E-state index in [1.54, 1.807) is 4.90 Å². The topological polar surface area (TPSA) is 157 Å². The molecule has 3 aromatic rings. The lowest BCUT2D eigenvalue weighted by molar-refractivity contribution is -0.385. The number of nitrogens with one attached hydrogen (secondary N) is 1. The molecule has 4 rings (SSSR count). The number of halogens is 1. The lowest BCUT2D eigenvalue weighted by Gasteiger charge is -2.35. The molecule has 0 atom stereocenters. The van der Waals surface area contributed by atoms with E-state index in [0.29, 0.717) is 13.1 Å². The molecule has 1 aliphatic heterocycles. The van der Waals surface area contributed by atoms with Crippen LogP contribution in [0.2, 0.25) is 5.15 Å². The summed E-state index contributed by atoms with van der Waals surface area (Å²) in [4.78, 5) is 43.9. The van der Waals surface area contributed by atoms with E-state index >= 15 is 0 Å². The number of hydrogen-bond donors (Lipinski definition) is 1. The van der Waals surface area contributed by atoms with Crippen molar-refractivity contribution < 1.29 is 19.4 Å². The number of aromatic nitrogens is 2. The SMILES string of the molecule is CC(C)(C)OC(=O)N1CCN(Cc2ccc(Nc3ncccc3[N+](=O)[O-])cc2)CC1.O=[N+]([O-])c1cccnc1Cl. The first kappa shape index (κ1) is 30.2. The van der Waals surface area contributed by atoms with Gasteiger partial charge in [0.15, 0.2) is 0 Å². The van der Waals surface area contributed by atoms with Crippen LogP contribution in [0.5, 0.6) is 0 Å². The molecule has 1 fully saturated rings. The zero-order valence-electron chi connectivity index (χ0n) is 22.3. The molecule has 0 aliphatic carbocycles. The molecule has 3 heterocycles. The first-order chi connectivity index (χ1) is 18.9. The van der Waals surface area contributed by atoms with E-state index in [1.807, 2.05) is 45.0 Å². The fourth-order valence-corrected chi connectivity index (χ4v) is 3.85. The third-order valence-corrected chi connectivity index (χ3v) is 5.86. The van der Waals surface area contributed by atoms with Crippen LogP contribution < -0.4 is 5.32 Å². The molecule has 1 amide bonds. The molecular weight excluding hydrogens is 542 g/mol. The Bertz CT molecular complexity index is 1330.